The molecule has 5 heteroatoms. The zero-order chi connectivity index (χ0) is 15.6. The average molecular weight is 308 g/mol. The number of carbonyl (C=O) groups is 2. The number of carbonyl (C=O) groups excluding carboxylic acids is 2. The molecule has 1 aliphatic heterocycles. The summed E-state index contributed by atoms with van der Waals surface area (Å²) in [5.74, 6) is -0.754. The van der Waals surface area contributed by atoms with E-state index in [-0.39, 0.29) is 10.9 Å². The highest BCUT2D eigenvalue weighted by Crippen LogP contribution is 2.32. The second kappa shape index (κ2) is 6.41. The smallest absolute Gasteiger partial charge is 0.273 e. The molecular formula is C16H18ClNO3. The predicted octanol–water partition coefficient (Wildman–Crippen LogP) is 2.66. The summed E-state index contributed by atoms with van der Waals surface area (Å²) in [6.07, 6.45) is 0.596. The lowest BCUT2D eigenvalue weighted by Gasteiger charge is -2.14. The number of imide groups is 1. The molecule has 2 amide bonds. The molecule has 0 bridgehead atoms. The van der Waals surface area contributed by atoms with E-state index in [1.54, 1.807) is 7.11 Å². The van der Waals surface area contributed by atoms with Crippen molar-refractivity contribution in [2.24, 2.45) is 0 Å². The van der Waals surface area contributed by atoms with E-state index in [9.17, 15) is 9.59 Å². The van der Waals surface area contributed by atoms with Gasteiger partial charge in [0.15, 0.2) is 0 Å². The van der Waals surface area contributed by atoms with Gasteiger partial charge in [0.25, 0.3) is 11.8 Å². The third-order valence-corrected chi connectivity index (χ3v) is 3.99. The maximum absolute atomic E-state index is 12.4. The van der Waals surface area contributed by atoms with E-state index in [4.69, 9.17) is 16.3 Å². The summed E-state index contributed by atoms with van der Waals surface area (Å²) in [5, 5.41) is 0.000620. The van der Waals surface area contributed by atoms with Gasteiger partial charge in [-0.05, 0) is 37.0 Å². The highest BCUT2D eigenvalue weighted by atomic mass is 35.5. The van der Waals surface area contributed by atoms with Crippen molar-refractivity contribution >= 4 is 29.0 Å². The Hall–Kier alpha value is -1.65. The number of rotatable bonds is 5. The fourth-order valence-electron chi connectivity index (χ4n) is 2.26. The fourth-order valence-corrected chi connectivity index (χ4v) is 2.56. The number of hydrogen-bond acceptors (Lipinski definition) is 3. The predicted molar refractivity (Wildman–Crippen MR) is 81.9 cm³/mol. The topological polar surface area (TPSA) is 46.6 Å². The molecule has 0 aromatic heterocycles. The van der Waals surface area contributed by atoms with Crippen molar-refractivity contribution in [3.05, 3.63) is 39.9 Å². The molecule has 112 valence electrons. The number of halogens is 1. The van der Waals surface area contributed by atoms with Crippen molar-refractivity contribution in [1.29, 1.82) is 0 Å². The molecule has 0 unspecified atom stereocenters. The Labute approximate surface area is 129 Å². The second-order valence-corrected chi connectivity index (χ2v) is 5.47. The van der Waals surface area contributed by atoms with Gasteiger partial charge in [-0.15, -0.1) is 0 Å². The zero-order valence-electron chi connectivity index (χ0n) is 12.4. The van der Waals surface area contributed by atoms with Crippen LogP contribution in [0.2, 0.25) is 0 Å². The highest BCUT2D eigenvalue weighted by molar-refractivity contribution is 6.55. The van der Waals surface area contributed by atoms with E-state index >= 15 is 0 Å². The lowest BCUT2D eigenvalue weighted by molar-refractivity contribution is -0.136. The van der Waals surface area contributed by atoms with Gasteiger partial charge >= 0.3 is 0 Å². The molecule has 0 radical (unpaired) electrons. The summed E-state index contributed by atoms with van der Waals surface area (Å²) in [6, 6.07) is 5.63. The third kappa shape index (κ3) is 3.01. The normalized spacial score (nSPS) is 15.3. The van der Waals surface area contributed by atoms with Crippen LogP contribution in [0.5, 0.6) is 0 Å². The molecule has 1 aromatic carbocycles. The first-order valence-corrected chi connectivity index (χ1v) is 7.17. The summed E-state index contributed by atoms with van der Waals surface area (Å²) in [7, 11) is 1.58. The van der Waals surface area contributed by atoms with Gasteiger partial charge in [-0.1, -0.05) is 29.8 Å². The molecule has 1 aromatic rings. The molecule has 0 fully saturated rings. The minimum Gasteiger partial charge on any atom is -0.385 e. The van der Waals surface area contributed by atoms with Crippen molar-refractivity contribution < 1.29 is 14.3 Å². The zero-order valence-corrected chi connectivity index (χ0v) is 13.2. The third-order valence-electron chi connectivity index (χ3n) is 3.64. The Kier molecular flexibility index (Phi) is 4.80. The molecule has 1 aliphatic rings. The van der Waals surface area contributed by atoms with Crippen molar-refractivity contribution in [2.75, 3.05) is 20.3 Å². The van der Waals surface area contributed by atoms with Gasteiger partial charge in [0.2, 0.25) is 0 Å². The Morgan fingerprint density at radius 3 is 2.48 bits per heavy atom. The van der Waals surface area contributed by atoms with Gasteiger partial charge < -0.3 is 4.74 Å². The molecule has 0 saturated heterocycles. The molecule has 21 heavy (non-hydrogen) atoms. The van der Waals surface area contributed by atoms with E-state index in [0.717, 1.165) is 11.1 Å². The first-order chi connectivity index (χ1) is 9.97. The molecule has 4 nitrogen and oxygen atoms in total. The number of hydrogen-bond donors (Lipinski definition) is 0. The number of methoxy groups -OCH3 is 1. The van der Waals surface area contributed by atoms with Crippen LogP contribution in [-0.2, 0) is 14.3 Å². The van der Waals surface area contributed by atoms with Crippen LogP contribution in [0, 0.1) is 13.8 Å². The van der Waals surface area contributed by atoms with Crippen molar-refractivity contribution in [3.63, 3.8) is 0 Å². The monoisotopic (exact) mass is 307 g/mol. The molecule has 0 saturated carbocycles. The van der Waals surface area contributed by atoms with E-state index in [1.165, 1.54) is 4.90 Å². The first-order valence-electron chi connectivity index (χ1n) is 6.80. The highest BCUT2D eigenvalue weighted by Gasteiger charge is 2.37. The molecule has 1 heterocycles. The molecule has 2 rings (SSSR count). The lowest BCUT2D eigenvalue weighted by Crippen LogP contribution is -2.32. The molecule has 0 N–H and O–H groups in total. The number of aryl methyl sites for hydroxylation is 2. The van der Waals surface area contributed by atoms with Gasteiger partial charge in [-0.25, -0.2) is 0 Å². The Bertz CT molecular complexity index is 622. The van der Waals surface area contributed by atoms with Crippen LogP contribution in [-0.4, -0.2) is 37.0 Å². The van der Waals surface area contributed by atoms with Gasteiger partial charge in [0.05, 0.1) is 5.57 Å². The van der Waals surface area contributed by atoms with E-state index in [2.05, 4.69) is 0 Å². The SMILES string of the molecule is COCCCN1C(=O)C(Cl)=C(c2ccc(C)c(C)c2)C1=O. The Morgan fingerprint density at radius 1 is 1.14 bits per heavy atom. The number of ether oxygens (including phenoxy) is 1. The van der Waals surface area contributed by atoms with Gasteiger partial charge in [0, 0.05) is 20.3 Å². The van der Waals surface area contributed by atoms with E-state index < -0.39 is 5.91 Å². The minimum absolute atomic E-state index is 0.000620. The molecule has 0 spiro atoms. The lowest BCUT2D eigenvalue weighted by atomic mass is 10.0. The first kappa shape index (κ1) is 15.7. The van der Waals surface area contributed by atoms with Gasteiger partial charge in [-0.3, -0.25) is 14.5 Å². The van der Waals surface area contributed by atoms with Crippen LogP contribution in [0.1, 0.15) is 23.1 Å². The largest absolute Gasteiger partial charge is 0.385 e. The maximum atomic E-state index is 12.4. The van der Waals surface area contributed by atoms with Crippen LogP contribution in [0.4, 0.5) is 0 Å². The van der Waals surface area contributed by atoms with E-state index in [1.807, 2.05) is 32.0 Å². The van der Waals surface area contributed by atoms with Crippen LogP contribution >= 0.6 is 11.6 Å². The van der Waals surface area contributed by atoms with Crippen molar-refractivity contribution in [1.82, 2.24) is 4.90 Å². The number of benzene rings is 1. The second-order valence-electron chi connectivity index (χ2n) is 5.10. The molecular weight excluding hydrogens is 290 g/mol. The quantitative estimate of drug-likeness (QED) is 0.620. The van der Waals surface area contributed by atoms with Gasteiger partial charge in [0.1, 0.15) is 5.03 Å². The van der Waals surface area contributed by atoms with Crippen LogP contribution in [0.25, 0.3) is 5.57 Å². The summed E-state index contributed by atoms with van der Waals surface area (Å²) >= 11 is 6.09. The minimum atomic E-state index is -0.425. The van der Waals surface area contributed by atoms with Crippen molar-refractivity contribution in [3.8, 4) is 0 Å². The summed E-state index contributed by atoms with van der Waals surface area (Å²) in [5.41, 5.74) is 3.17. The van der Waals surface area contributed by atoms with Crippen LogP contribution in [0.3, 0.4) is 0 Å². The van der Waals surface area contributed by atoms with E-state index in [0.29, 0.717) is 30.7 Å². The maximum Gasteiger partial charge on any atom is 0.273 e. The summed E-state index contributed by atoms with van der Waals surface area (Å²) in [4.78, 5) is 25.7. The standard InChI is InChI=1S/C16H18ClNO3/c1-10-5-6-12(9-11(10)2)13-14(17)16(20)18(15(13)19)7-4-8-21-3/h5-6,9H,4,7-8H2,1-3H3. The van der Waals surface area contributed by atoms with Crippen LogP contribution in [0.15, 0.2) is 23.2 Å². The summed E-state index contributed by atoms with van der Waals surface area (Å²) in [6.45, 7) is 4.77. The fraction of sp³-hybridized carbons (Fsp3) is 0.375. The molecule has 0 aliphatic carbocycles. The molecule has 0 atom stereocenters. The van der Waals surface area contributed by atoms with Crippen molar-refractivity contribution in [2.45, 2.75) is 20.3 Å². The van der Waals surface area contributed by atoms with Gasteiger partial charge in [-0.2, -0.15) is 0 Å². The number of nitrogens with zero attached hydrogens (tertiary/aromatic N) is 1. The van der Waals surface area contributed by atoms with Crippen LogP contribution < -0.4 is 0 Å². The number of amides is 2. The Balaban J connectivity index is 2.29. The Morgan fingerprint density at radius 2 is 1.86 bits per heavy atom. The summed E-state index contributed by atoms with van der Waals surface area (Å²) < 4.78 is 4.94. The average Bonchev–Trinajstić information content (AvgIpc) is 2.66.